The van der Waals surface area contributed by atoms with Gasteiger partial charge in [0.25, 0.3) is 0 Å². The van der Waals surface area contributed by atoms with E-state index in [1.807, 2.05) is 0 Å². The zero-order valence-corrected chi connectivity index (χ0v) is 9.06. The van der Waals surface area contributed by atoms with Gasteiger partial charge in [0.1, 0.15) is 0 Å². The molecule has 1 atom stereocenters. The van der Waals surface area contributed by atoms with Crippen molar-refractivity contribution in [2.45, 2.75) is 46.0 Å². The second-order valence-electron chi connectivity index (χ2n) is 4.88. The van der Waals surface area contributed by atoms with Crippen LogP contribution in [0.2, 0.25) is 0 Å². The van der Waals surface area contributed by atoms with E-state index in [1.54, 1.807) is 0 Å². The zero-order chi connectivity index (χ0) is 10.2. The van der Waals surface area contributed by atoms with Crippen molar-refractivity contribution in [3.8, 4) is 6.07 Å². The van der Waals surface area contributed by atoms with Gasteiger partial charge >= 0.3 is 0 Å². The third-order valence-electron chi connectivity index (χ3n) is 3.82. The topological polar surface area (TPSA) is 23.8 Å². The molecule has 0 aromatic rings. The van der Waals surface area contributed by atoms with Crippen LogP contribution < -0.4 is 0 Å². The first-order chi connectivity index (χ1) is 6.65. The second-order valence-corrected chi connectivity index (χ2v) is 4.88. The Morgan fingerprint density at radius 1 is 1.36 bits per heavy atom. The van der Waals surface area contributed by atoms with Crippen molar-refractivity contribution in [3.63, 3.8) is 0 Å². The Morgan fingerprint density at radius 2 is 2.14 bits per heavy atom. The fraction of sp³-hybridized carbons (Fsp3) is 0.615. The molecule has 1 nitrogen and oxygen atoms in total. The van der Waals surface area contributed by atoms with Crippen molar-refractivity contribution < 1.29 is 0 Å². The number of nitrogens with zero attached hydrogens (tertiary/aromatic N) is 1. The van der Waals surface area contributed by atoms with Gasteiger partial charge in [-0.05, 0) is 50.0 Å². The van der Waals surface area contributed by atoms with Crippen molar-refractivity contribution in [2.24, 2.45) is 5.41 Å². The fourth-order valence-corrected chi connectivity index (χ4v) is 2.69. The predicted molar refractivity (Wildman–Crippen MR) is 57.6 cm³/mol. The van der Waals surface area contributed by atoms with E-state index in [4.69, 9.17) is 5.26 Å². The van der Waals surface area contributed by atoms with Crippen molar-refractivity contribution in [1.29, 1.82) is 5.26 Å². The molecule has 0 aromatic heterocycles. The molecule has 0 aromatic carbocycles. The molecule has 0 fully saturated rings. The van der Waals surface area contributed by atoms with E-state index in [2.05, 4.69) is 26.0 Å². The van der Waals surface area contributed by atoms with E-state index in [0.29, 0.717) is 5.41 Å². The van der Waals surface area contributed by atoms with E-state index < -0.39 is 0 Å². The number of rotatable bonds is 0. The van der Waals surface area contributed by atoms with Gasteiger partial charge in [-0.25, -0.2) is 0 Å². The lowest BCUT2D eigenvalue weighted by Gasteiger charge is -2.25. The van der Waals surface area contributed by atoms with Crippen LogP contribution in [0.3, 0.4) is 0 Å². The molecule has 74 valence electrons. The molecular formula is C13H17N. The van der Waals surface area contributed by atoms with Gasteiger partial charge in [0, 0.05) is 5.57 Å². The summed E-state index contributed by atoms with van der Waals surface area (Å²) in [7, 11) is 0. The highest BCUT2D eigenvalue weighted by Gasteiger charge is 2.36. The molecule has 0 saturated heterocycles. The molecule has 1 heteroatoms. The maximum atomic E-state index is 9.05. The normalized spacial score (nSPS) is 31.9. The maximum absolute atomic E-state index is 9.05. The standard InChI is InChI=1S/C13H17N/c1-10-3-4-12-11(9-14)6-8-13(12,2)7-5-10/h5H,3-4,6-8H2,1-2H3/t13-/m1/s1. The summed E-state index contributed by atoms with van der Waals surface area (Å²) >= 11 is 0. The van der Waals surface area contributed by atoms with E-state index in [0.717, 1.165) is 31.3 Å². The van der Waals surface area contributed by atoms with E-state index in [9.17, 15) is 0 Å². The van der Waals surface area contributed by atoms with E-state index in [1.165, 1.54) is 17.6 Å². The van der Waals surface area contributed by atoms with Gasteiger partial charge in [-0.2, -0.15) is 5.26 Å². The zero-order valence-electron chi connectivity index (χ0n) is 9.06. The lowest BCUT2D eigenvalue weighted by atomic mass is 9.79. The summed E-state index contributed by atoms with van der Waals surface area (Å²) in [5, 5.41) is 9.05. The fourth-order valence-electron chi connectivity index (χ4n) is 2.69. The molecule has 0 saturated carbocycles. The molecule has 2 aliphatic rings. The Hall–Kier alpha value is -1.03. The molecule has 0 heterocycles. The minimum atomic E-state index is 0.308. The molecule has 0 spiro atoms. The van der Waals surface area contributed by atoms with Gasteiger partial charge in [-0.15, -0.1) is 0 Å². The van der Waals surface area contributed by atoms with Gasteiger partial charge in [0.15, 0.2) is 0 Å². The smallest absolute Gasteiger partial charge is 0.0946 e. The third-order valence-corrected chi connectivity index (χ3v) is 3.82. The molecule has 2 aliphatic carbocycles. The van der Waals surface area contributed by atoms with Crippen LogP contribution in [0.25, 0.3) is 0 Å². The second kappa shape index (κ2) is 3.28. The molecule has 14 heavy (non-hydrogen) atoms. The number of fused-ring (bicyclic) bond motifs is 1. The molecule has 0 bridgehead atoms. The van der Waals surface area contributed by atoms with E-state index in [-0.39, 0.29) is 0 Å². The van der Waals surface area contributed by atoms with Crippen LogP contribution in [0.15, 0.2) is 22.8 Å². The van der Waals surface area contributed by atoms with E-state index >= 15 is 0 Å². The molecular weight excluding hydrogens is 170 g/mol. The summed E-state index contributed by atoms with van der Waals surface area (Å²) in [5.41, 5.74) is 4.33. The Kier molecular flexibility index (Phi) is 2.23. The lowest BCUT2D eigenvalue weighted by molar-refractivity contribution is 0.393. The third kappa shape index (κ3) is 1.39. The lowest BCUT2D eigenvalue weighted by Crippen LogP contribution is -2.13. The largest absolute Gasteiger partial charge is 0.193 e. The molecule has 2 rings (SSSR count). The van der Waals surface area contributed by atoms with Gasteiger partial charge in [-0.1, -0.05) is 18.6 Å². The Morgan fingerprint density at radius 3 is 2.86 bits per heavy atom. The van der Waals surface area contributed by atoms with Crippen LogP contribution in [0.4, 0.5) is 0 Å². The number of hydrogen-bond donors (Lipinski definition) is 0. The highest BCUT2D eigenvalue weighted by Crippen LogP contribution is 2.49. The first-order valence-corrected chi connectivity index (χ1v) is 5.44. The van der Waals surface area contributed by atoms with Crippen LogP contribution >= 0.6 is 0 Å². The number of allylic oxidation sites excluding steroid dienone is 4. The summed E-state index contributed by atoms with van der Waals surface area (Å²) < 4.78 is 0. The van der Waals surface area contributed by atoms with Crippen LogP contribution in [-0.4, -0.2) is 0 Å². The quantitative estimate of drug-likeness (QED) is 0.530. The summed E-state index contributed by atoms with van der Waals surface area (Å²) in [6.07, 6.45) is 7.95. The number of hydrogen-bond acceptors (Lipinski definition) is 1. The summed E-state index contributed by atoms with van der Waals surface area (Å²) in [6, 6.07) is 2.39. The van der Waals surface area contributed by atoms with Crippen molar-refractivity contribution in [2.75, 3.05) is 0 Å². The Labute approximate surface area is 86.1 Å². The minimum absolute atomic E-state index is 0.308. The van der Waals surface area contributed by atoms with Crippen molar-refractivity contribution in [1.82, 2.24) is 0 Å². The average molecular weight is 187 g/mol. The molecule has 0 amide bonds. The molecule has 0 radical (unpaired) electrons. The monoisotopic (exact) mass is 187 g/mol. The first-order valence-electron chi connectivity index (χ1n) is 5.44. The maximum Gasteiger partial charge on any atom is 0.0946 e. The Bertz CT molecular complexity index is 354. The summed E-state index contributed by atoms with van der Waals surface area (Å²) in [5.74, 6) is 0. The SMILES string of the molecule is CC1=CC[C@]2(C)CCC(C#N)=C2CC1. The van der Waals surface area contributed by atoms with Crippen LogP contribution in [0.1, 0.15) is 46.0 Å². The molecule has 0 unspecified atom stereocenters. The molecule has 0 N–H and O–H groups in total. The molecule has 0 aliphatic heterocycles. The van der Waals surface area contributed by atoms with Crippen LogP contribution in [0.5, 0.6) is 0 Å². The van der Waals surface area contributed by atoms with Crippen molar-refractivity contribution in [3.05, 3.63) is 22.8 Å². The Balaban J connectivity index is 2.37. The van der Waals surface area contributed by atoms with Crippen LogP contribution in [0, 0.1) is 16.7 Å². The van der Waals surface area contributed by atoms with Gasteiger partial charge in [-0.3, -0.25) is 0 Å². The summed E-state index contributed by atoms with van der Waals surface area (Å²) in [6.45, 7) is 4.53. The number of nitriles is 1. The van der Waals surface area contributed by atoms with Gasteiger partial charge < -0.3 is 0 Å². The highest BCUT2D eigenvalue weighted by atomic mass is 14.4. The minimum Gasteiger partial charge on any atom is -0.193 e. The average Bonchev–Trinajstić information content (AvgIpc) is 2.42. The summed E-state index contributed by atoms with van der Waals surface area (Å²) in [4.78, 5) is 0. The predicted octanol–water partition coefficient (Wildman–Crippen LogP) is 3.74. The van der Waals surface area contributed by atoms with Gasteiger partial charge in [0.05, 0.1) is 6.07 Å². The first kappa shape index (κ1) is 9.52. The highest BCUT2D eigenvalue weighted by molar-refractivity contribution is 5.38. The van der Waals surface area contributed by atoms with Crippen molar-refractivity contribution >= 4 is 0 Å². The van der Waals surface area contributed by atoms with Crippen LogP contribution in [-0.2, 0) is 0 Å². The van der Waals surface area contributed by atoms with Gasteiger partial charge in [0.2, 0.25) is 0 Å².